The molecule has 1 fully saturated rings. The topological polar surface area (TPSA) is 59.5 Å². The maximum Gasteiger partial charge on any atom is 0.289 e. The number of nitrogens with two attached hydrogens (primary N) is 1. The summed E-state index contributed by atoms with van der Waals surface area (Å²) in [6.07, 6.45) is 0.857. The van der Waals surface area contributed by atoms with Crippen LogP contribution in [0.2, 0.25) is 0 Å². The van der Waals surface area contributed by atoms with E-state index in [4.69, 9.17) is 10.2 Å². The molecule has 1 aliphatic rings. The van der Waals surface area contributed by atoms with E-state index in [1.165, 1.54) is 0 Å². The first-order valence-electron chi connectivity index (χ1n) is 5.88. The molecular formula is C13H13BrN2O2. The van der Waals surface area contributed by atoms with Crippen LogP contribution in [0.25, 0.3) is 11.0 Å². The SMILES string of the molecule is N[C@H]1CCN(C(=O)c2cc3cccc(Br)c3o2)C1. The molecule has 0 radical (unpaired) electrons. The van der Waals surface area contributed by atoms with Crippen LogP contribution in [0.3, 0.4) is 0 Å². The van der Waals surface area contributed by atoms with Gasteiger partial charge in [-0.1, -0.05) is 12.1 Å². The Bertz CT molecular complexity index is 608. The Labute approximate surface area is 113 Å². The molecule has 18 heavy (non-hydrogen) atoms. The largest absolute Gasteiger partial charge is 0.450 e. The summed E-state index contributed by atoms with van der Waals surface area (Å²) in [7, 11) is 0. The lowest BCUT2D eigenvalue weighted by atomic mass is 10.2. The number of hydrogen-bond acceptors (Lipinski definition) is 3. The molecule has 1 atom stereocenters. The molecule has 1 aromatic heterocycles. The van der Waals surface area contributed by atoms with Gasteiger partial charge in [0.25, 0.3) is 5.91 Å². The molecule has 5 heteroatoms. The van der Waals surface area contributed by atoms with Crippen molar-refractivity contribution in [3.05, 3.63) is 34.5 Å². The first kappa shape index (κ1) is 11.7. The second kappa shape index (κ2) is 4.40. The van der Waals surface area contributed by atoms with Crippen molar-refractivity contribution >= 4 is 32.8 Å². The van der Waals surface area contributed by atoms with E-state index in [0.29, 0.717) is 24.4 Å². The molecule has 1 saturated heterocycles. The van der Waals surface area contributed by atoms with Crippen LogP contribution < -0.4 is 5.73 Å². The number of halogens is 1. The van der Waals surface area contributed by atoms with E-state index < -0.39 is 0 Å². The average Bonchev–Trinajstić information content (AvgIpc) is 2.95. The molecule has 0 spiro atoms. The van der Waals surface area contributed by atoms with E-state index in [2.05, 4.69) is 15.9 Å². The number of fused-ring (bicyclic) bond motifs is 1. The van der Waals surface area contributed by atoms with Crippen molar-refractivity contribution in [2.75, 3.05) is 13.1 Å². The van der Waals surface area contributed by atoms with E-state index in [-0.39, 0.29) is 11.9 Å². The van der Waals surface area contributed by atoms with Crippen LogP contribution in [0, 0.1) is 0 Å². The van der Waals surface area contributed by atoms with Gasteiger partial charge in [-0.15, -0.1) is 0 Å². The number of carbonyl (C=O) groups excluding carboxylic acids is 1. The predicted molar refractivity (Wildman–Crippen MR) is 72.4 cm³/mol. The minimum Gasteiger partial charge on any atom is -0.450 e. The van der Waals surface area contributed by atoms with Crippen LogP contribution in [0.4, 0.5) is 0 Å². The van der Waals surface area contributed by atoms with Crippen molar-refractivity contribution in [3.8, 4) is 0 Å². The zero-order chi connectivity index (χ0) is 12.7. The number of amides is 1. The lowest BCUT2D eigenvalue weighted by molar-refractivity contribution is 0.0761. The molecule has 0 unspecified atom stereocenters. The number of likely N-dealkylation sites (tertiary alicyclic amines) is 1. The summed E-state index contributed by atoms with van der Waals surface area (Å²) in [6.45, 7) is 1.31. The smallest absolute Gasteiger partial charge is 0.289 e. The highest BCUT2D eigenvalue weighted by Crippen LogP contribution is 2.28. The highest BCUT2D eigenvalue weighted by molar-refractivity contribution is 9.10. The Kier molecular flexibility index (Phi) is 2.87. The van der Waals surface area contributed by atoms with Crippen molar-refractivity contribution in [1.29, 1.82) is 0 Å². The number of para-hydroxylation sites is 1. The van der Waals surface area contributed by atoms with Gasteiger partial charge in [0.2, 0.25) is 0 Å². The summed E-state index contributed by atoms with van der Waals surface area (Å²) >= 11 is 3.41. The number of nitrogens with zero attached hydrogens (tertiary/aromatic N) is 1. The standard InChI is InChI=1S/C13H13BrN2O2/c14-10-3-1-2-8-6-11(18-12(8)10)13(17)16-5-4-9(15)7-16/h1-3,6,9H,4-5,7,15H2/t9-/m0/s1. The number of furan rings is 1. The van der Waals surface area contributed by atoms with Crippen molar-refractivity contribution in [2.24, 2.45) is 5.73 Å². The third-order valence-corrected chi connectivity index (χ3v) is 3.84. The van der Waals surface area contributed by atoms with E-state index in [0.717, 1.165) is 16.3 Å². The van der Waals surface area contributed by atoms with E-state index in [1.54, 1.807) is 11.0 Å². The highest BCUT2D eigenvalue weighted by atomic mass is 79.9. The van der Waals surface area contributed by atoms with Gasteiger partial charge in [0.05, 0.1) is 4.47 Å². The Hall–Kier alpha value is -1.33. The van der Waals surface area contributed by atoms with Gasteiger partial charge in [0.15, 0.2) is 5.76 Å². The van der Waals surface area contributed by atoms with Crippen LogP contribution >= 0.6 is 15.9 Å². The van der Waals surface area contributed by atoms with Crippen LogP contribution in [0.5, 0.6) is 0 Å². The fraction of sp³-hybridized carbons (Fsp3) is 0.308. The maximum atomic E-state index is 12.2. The zero-order valence-corrected chi connectivity index (χ0v) is 11.3. The molecule has 1 aromatic carbocycles. The van der Waals surface area contributed by atoms with Crippen molar-refractivity contribution in [1.82, 2.24) is 4.90 Å². The summed E-state index contributed by atoms with van der Waals surface area (Å²) < 4.78 is 6.49. The minimum atomic E-state index is -0.0777. The normalized spacial score (nSPS) is 19.7. The molecule has 94 valence electrons. The first-order valence-corrected chi connectivity index (χ1v) is 6.67. The highest BCUT2D eigenvalue weighted by Gasteiger charge is 2.26. The van der Waals surface area contributed by atoms with Gasteiger partial charge in [0, 0.05) is 24.5 Å². The molecule has 3 rings (SSSR count). The molecule has 1 amide bonds. The summed E-state index contributed by atoms with van der Waals surface area (Å²) in [6, 6.07) is 7.61. The van der Waals surface area contributed by atoms with Gasteiger partial charge in [-0.2, -0.15) is 0 Å². The molecule has 2 N–H and O–H groups in total. The minimum absolute atomic E-state index is 0.0777. The van der Waals surface area contributed by atoms with Crippen molar-refractivity contribution < 1.29 is 9.21 Å². The number of hydrogen-bond donors (Lipinski definition) is 1. The van der Waals surface area contributed by atoms with Gasteiger partial charge < -0.3 is 15.1 Å². The van der Waals surface area contributed by atoms with Crippen LogP contribution in [0.1, 0.15) is 17.0 Å². The van der Waals surface area contributed by atoms with Crippen LogP contribution in [-0.2, 0) is 0 Å². The van der Waals surface area contributed by atoms with Gasteiger partial charge in [0.1, 0.15) is 5.58 Å². The van der Waals surface area contributed by atoms with E-state index >= 15 is 0 Å². The molecule has 0 aliphatic carbocycles. The van der Waals surface area contributed by atoms with Crippen molar-refractivity contribution in [3.63, 3.8) is 0 Å². The molecule has 0 bridgehead atoms. The van der Waals surface area contributed by atoms with E-state index in [1.807, 2.05) is 18.2 Å². The second-order valence-electron chi connectivity index (χ2n) is 4.57. The lowest BCUT2D eigenvalue weighted by Crippen LogP contribution is -2.31. The van der Waals surface area contributed by atoms with Crippen LogP contribution in [0.15, 0.2) is 33.2 Å². The number of rotatable bonds is 1. The zero-order valence-electron chi connectivity index (χ0n) is 9.73. The Balaban J connectivity index is 1.95. The number of benzene rings is 1. The molecule has 4 nitrogen and oxygen atoms in total. The molecular weight excluding hydrogens is 296 g/mol. The maximum absolute atomic E-state index is 12.2. The quantitative estimate of drug-likeness (QED) is 0.880. The first-order chi connectivity index (χ1) is 8.65. The molecule has 2 aromatic rings. The molecule has 1 aliphatic heterocycles. The van der Waals surface area contributed by atoms with Gasteiger partial charge in [-0.3, -0.25) is 4.79 Å². The van der Waals surface area contributed by atoms with Crippen LogP contribution in [-0.4, -0.2) is 29.9 Å². The second-order valence-corrected chi connectivity index (χ2v) is 5.42. The predicted octanol–water partition coefficient (Wildman–Crippen LogP) is 2.37. The van der Waals surface area contributed by atoms with E-state index in [9.17, 15) is 4.79 Å². The summed E-state index contributed by atoms with van der Waals surface area (Å²) in [5.41, 5.74) is 6.52. The monoisotopic (exact) mass is 308 g/mol. The molecule has 0 saturated carbocycles. The van der Waals surface area contributed by atoms with Gasteiger partial charge >= 0.3 is 0 Å². The fourth-order valence-electron chi connectivity index (χ4n) is 2.26. The Morgan fingerprint density at radius 2 is 2.33 bits per heavy atom. The number of carbonyl (C=O) groups is 1. The molecule has 2 heterocycles. The fourth-order valence-corrected chi connectivity index (χ4v) is 2.72. The van der Waals surface area contributed by atoms with Gasteiger partial charge in [-0.25, -0.2) is 0 Å². The summed E-state index contributed by atoms with van der Waals surface area (Å²) in [4.78, 5) is 14.0. The summed E-state index contributed by atoms with van der Waals surface area (Å²) in [5.74, 6) is 0.303. The van der Waals surface area contributed by atoms with Crippen molar-refractivity contribution in [2.45, 2.75) is 12.5 Å². The Morgan fingerprint density at radius 3 is 3.00 bits per heavy atom. The Morgan fingerprint density at radius 1 is 1.50 bits per heavy atom. The van der Waals surface area contributed by atoms with Gasteiger partial charge in [-0.05, 0) is 34.5 Å². The average molecular weight is 309 g/mol. The third kappa shape index (κ3) is 1.93. The lowest BCUT2D eigenvalue weighted by Gasteiger charge is -2.13. The summed E-state index contributed by atoms with van der Waals surface area (Å²) in [5, 5.41) is 0.927. The third-order valence-electron chi connectivity index (χ3n) is 3.22.